The van der Waals surface area contributed by atoms with Crippen molar-refractivity contribution in [3.05, 3.63) is 29.8 Å². The Hall–Kier alpha value is -1.80. The molecule has 0 saturated carbocycles. The fourth-order valence-corrected chi connectivity index (χ4v) is 3.15. The number of methoxy groups -OCH3 is 1. The molecule has 0 unspecified atom stereocenters. The molecule has 6 nitrogen and oxygen atoms in total. The van der Waals surface area contributed by atoms with E-state index in [1.165, 1.54) is 30.6 Å². The third-order valence-corrected chi connectivity index (χ3v) is 4.63. The van der Waals surface area contributed by atoms with Gasteiger partial charge in [-0.3, -0.25) is 9.59 Å². The summed E-state index contributed by atoms with van der Waals surface area (Å²) in [5.41, 5.74) is 1.01. The van der Waals surface area contributed by atoms with Gasteiger partial charge in [-0.1, -0.05) is 23.5 Å². The first-order valence-electron chi connectivity index (χ1n) is 5.94. The summed E-state index contributed by atoms with van der Waals surface area (Å²) >= 11 is 2.57. The third kappa shape index (κ3) is 4.61. The van der Waals surface area contributed by atoms with Crippen molar-refractivity contribution < 1.29 is 19.1 Å². The van der Waals surface area contributed by atoms with Crippen molar-refractivity contribution in [2.75, 3.05) is 23.9 Å². The number of carbonyl (C=O) groups excluding carboxylic acids is 3. The summed E-state index contributed by atoms with van der Waals surface area (Å²) < 4.78 is 5.21. The number of hydrogen-bond donors (Lipinski definition) is 1. The lowest BCUT2D eigenvalue weighted by atomic mass is 10.2. The number of esters is 1. The van der Waals surface area contributed by atoms with E-state index in [1.54, 1.807) is 24.3 Å². The molecule has 0 saturated heterocycles. The number of ether oxygens (including phenoxy) is 1. The van der Waals surface area contributed by atoms with Gasteiger partial charge in [-0.15, -0.1) is 0 Å². The van der Waals surface area contributed by atoms with Crippen molar-refractivity contribution in [3.63, 3.8) is 0 Å². The predicted octanol–water partition coefficient (Wildman–Crippen LogP) is 1.77. The maximum atomic E-state index is 11.8. The molecule has 2 amide bonds. The van der Waals surface area contributed by atoms with Gasteiger partial charge in [-0.2, -0.15) is 4.99 Å². The van der Waals surface area contributed by atoms with Gasteiger partial charge in [-0.05, 0) is 24.3 Å². The van der Waals surface area contributed by atoms with E-state index in [4.69, 9.17) is 0 Å². The molecule has 0 aromatic heterocycles. The van der Waals surface area contributed by atoms with Crippen LogP contribution >= 0.6 is 23.5 Å². The smallest absolute Gasteiger partial charge is 0.337 e. The molecule has 0 bridgehead atoms. The molecule has 1 aromatic carbocycles. The van der Waals surface area contributed by atoms with Crippen molar-refractivity contribution in [2.24, 2.45) is 4.99 Å². The molecule has 110 valence electrons. The molecule has 21 heavy (non-hydrogen) atoms. The van der Waals surface area contributed by atoms with E-state index < -0.39 is 5.97 Å². The first kappa shape index (κ1) is 15.6. The first-order valence-corrected chi connectivity index (χ1v) is 7.91. The topological polar surface area (TPSA) is 84.8 Å². The standard InChI is InChI=1S/C13H12N2O4S2/c1-19-12(18)8-2-4-9(5-3-8)14-10(16)6-20-13-15-11(17)7-21-13/h2-5H,6-7H2,1H3,(H,14,16). The van der Waals surface area contributed by atoms with Gasteiger partial charge in [-0.25, -0.2) is 4.79 Å². The highest BCUT2D eigenvalue weighted by Crippen LogP contribution is 2.23. The van der Waals surface area contributed by atoms with Crippen LogP contribution in [0.15, 0.2) is 29.3 Å². The maximum Gasteiger partial charge on any atom is 0.337 e. The molecule has 1 heterocycles. The van der Waals surface area contributed by atoms with Crippen LogP contribution in [0.3, 0.4) is 0 Å². The molecule has 1 aliphatic rings. The molecule has 0 aliphatic carbocycles. The van der Waals surface area contributed by atoms with Crippen molar-refractivity contribution in [3.8, 4) is 0 Å². The highest BCUT2D eigenvalue weighted by molar-refractivity contribution is 8.39. The summed E-state index contributed by atoms with van der Waals surface area (Å²) in [6.07, 6.45) is 0. The van der Waals surface area contributed by atoms with E-state index in [1.807, 2.05) is 0 Å². The van der Waals surface area contributed by atoms with E-state index in [0.717, 1.165) is 0 Å². The van der Waals surface area contributed by atoms with Crippen LogP contribution in [0.1, 0.15) is 10.4 Å². The number of hydrogen-bond acceptors (Lipinski definition) is 6. The van der Waals surface area contributed by atoms with Gasteiger partial charge in [0.25, 0.3) is 5.91 Å². The molecule has 1 aromatic rings. The van der Waals surface area contributed by atoms with E-state index >= 15 is 0 Å². The Bertz CT molecular complexity index is 599. The van der Waals surface area contributed by atoms with Crippen molar-refractivity contribution in [1.29, 1.82) is 0 Å². The predicted molar refractivity (Wildman–Crippen MR) is 83.8 cm³/mol. The van der Waals surface area contributed by atoms with Gasteiger partial charge in [0.15, 0.2) is 0 Å². The number of benzene rings is 1. The number of thioether (sulfide) groups is 2. The minimum absolute atomic E-state index is 0.165. The zero-order chi connectivity index (χ0) is 15.2. The minimum atomic E-state index is -0.427. The first-order chi connectivity index (χ1) is 10.1. The number of nitrogens with one attached hydrogen (secondary N) is 1. The molecular formula is C13H12N2O4S2. The third-order valence-electron chi connectivity index (χ3n) is 2.45. The maximum absolute atomic E-state index is 11.8. The Balaban J connectivity index is 1.83. The van der Waals surface area contributed by atoms with Crippen molar-refractivity contribution in [1.82, 2.24) is 0 Å². The second-order valence-corrected chi connectivity index (χ2v) is 6.15. The van der Waals surface area contributed by atoms with Gasteiger partial charge in [0.2, 0.25) is 5.91 Å². The van der Waals surface area contributed by atoms with Crippen LogP contribution in [0.25, 0.3) is 0 Å². The average molecular weight is 324 g/mol. The van der Waals surface area contributed by atoms with E-state index in [9.17, 15) is 14.4 Å². The van der Waals surface area contributed by atoms with Crippen LogP contribution < -0.4 is 5.32 Å². The van der Waals surface area contributed by atoms with Crippen molar-refractivity contribution in [2.45, 2.75) is 0 Å². The summed E-state index contributed by atoms with van der Waals surface area (Å²) in [6.45, 7) is 0. The van der Waals surface area contributed by atoms with Crippen LogP contribution in [-0.4, -0.2) is 40.8 Å². The summed E-state index contributed by atoms with van der Waals surface area (Å²) in [5, 5.41) is 2.70. The monoisotopic (exact) mass is 324 g/mol. The van der Waals surface area contributed by atoms with Crippen LogP contribution in [-0.2, 0) is 14.3 Å². The SMILES string of the molecule is COC(=O)c1ccc(NC(=O)CSC2=NC(=O)CS2)cc1. The van der Waals surface area contributed by atoms with Crippen LogP contribution in [0.4, 0.5) is 5.69 Å². The fraction of sp³-hybridized carbons (Fsp3) is 0.231. The quantitative estimate of drug-likeness (QED) is 0.850. The second kappa shape index (κ2) is 7.28. The number of rotatable bonds is 4. The summed E-state index contributed by atoms with van der Waals surface area (Å²) in [7, 11) is 1.31. The zero-order valence-electron chi connectivity index (χ0n) is 11.1. The van der Waals surface area contributed by atoms with Gasteiger partial charge in [0, 0.05) is 5.69 Å². The number of aliphatic imine (C=N–C) groups is 1. The average Bonchev–Trinajstić information content (AvgIpc) is 2.91. The Labute approximate surface area is 129 Å². The Morgan fingerprint density at radius 2 is 2.10 bits per heavy atom. The van der Waals surface area contributed by atoms with E-state index in [0.29, 0.717) is 21.4 Å². The lowest BCUT2D eigenvalue weighted by Gasteiger charge is -2.05. The molecule has 8 heteroatoms. The molecule has 1 N–H and O–H groups in total. The minimum Gasteiger partial charge on any atom is -0.465 e. The molecule has 1 aliphatic heterocycles. The van der Waals surface area contributed by atoms with E-state index in [-0.39, 0.29) is 17.6 Å². The molecule has 0 atom stereocenters. The van der Waals surface area contributed by atoms with Gasteiger partial charge in [0.05, 0.1) is 24.2 Å². The summed E-state index contributed by atoms with van der Waals surface area (Å²) in [6, 6.07) is 6.40. The fourth-order valence-electron chi connectivity index (χ4n) is 1.50. The second-order valence-electron chi connectivity index (χ2n) is 3.97. The molecule has 0 spiro atoms. The number of nitrogens with zero attached hydrogens (tertiary/aromatic N) is 1. The molecule has 0 radical (unpaired) electrons. The van der Waals surface area contributed by atoms with Crippen molar-refractivity contribution >= 4 is 51.4 Å². The number of amides is 2. The highest BCUT2D eigenvalue weighted by atomic mass is 32.2. The molecule has 0 fully saturated rings. The Morgan fingerprint density at radius 1 is 1.38 bits per heavy atom. The lowest BCUT2D eigenvalue weighted by Crippen LogP contribution is -2.14. The normalized spacial score (nSPS) is 13.8. The Morgan fingerprint density at radius 3 is 2.67 bits per heavy atom. The van der Waals surface area contributed by atoms with Crippen LogP contribution in [0.2, 0.25) is 0 Å². The van der Waals surface area contributed by atoms with Crippen LogP contribution in [0.5, 0.6) is 0 Å². The van der Waals surface area contributed by atoms with Gasteiger partial charge < -0.3 is 10.1 Å². The summed E-state index contributed by atoms with van der Waals surface area (Å²) in [4.78, 5) is 37.7. The zero-order valence-corrected chi connectivity index (χ0v) is 12.8. The largest absolute Gasteiger partial charge is 0.465 e. The van der Waals surface area contributed by atoms with Gasteiger partial charge in [0.1, 0.15) is 4.38 Å². The number of anilines is 1. The molecular weight excluding hydrogens is 312 g/mol. The molecule has 2 rings (SSSR count). The van der Waals surface area contributed by atoms with E-state index in [2.05, 4.69) is 15.0 Å². The summed E-state index contributed by atoms with van der Waals surface area (Å²) in [5.74, 6) is -0.268. The lowest BCUT2D eigenvalue weighted by molar-refractivity contribution is -0.115. The van der Waals surface area contributed by atoms with Gasteiger partial charge >= 0.3 is 5.97 Å². The number of carbonyl (C=O) groups is 3. The van der Waals surface area contributed by atoms with Crippen LogP contribution in [0, 0.1) is 0 Å². The highest BCUT2D eigenvalue weighted by Gasteiger charge is 2.16. The Kier molecular flexibility index (Phi) is 5.40.